The highest BCUT2D eigenvalue weighted by atomic mass is 16.5. The molecule has 1 N–H and O–H groups in total. The van der Waals surface area contributed by atoms with E-state index in [0.29, 0.717) is 6.61 Å². The molecule has 0 saturated carbocycles. The predicted molar refractivity (Wildman–Crippen MR) is 82.8 cm³/mol. The fourth-order valence-corrected chi connectivity index (χ4v) is 2.00. The van der Waals surface area contributed by atoms with Crippen LogP contribution >= 0.6 is 0 Å². The Bertz CT molecular complexity index is 371. The molecule has 0 aliphatic heterocycles. The number of rotatable bonds is 8. The van der Waals surface area contributed by atoms with Crippen LogP contribution in [0.3, 0.4) is 0 Å². The molecule has 1 aromatic carbocycles. The lowest BCUT2D eigenvalue weighted by molar-refractivity contribution is 0.270. The monoisotopic (exact) mass is 263 g/mol. The Morgan fingerprint density at radius 3 is 2.63 bits per heavy atom. The maximum Gasteiger partial charge on any atom is 0.119 e. The Morgan fingerprint density at radius 1 is 1.26 bits per heavy atom. The largest absolute Gasteiger partial charge is 0.492 e. The lowest BCUT2D eigenvalue weighted by Crippen LogP contribution is -2.41. The molecule has 0 heterocycles. The second kappa shape index (κ2) is 7.54. The van der Waals surface area contributed by atoms with Crippen LogP contribution in [0.2, 0.25) is 0 Å². The lowest BCUT2D eigenvalue weighted by Gasteiger charge is -2.27. The van der Waals surface area contributed by atoms with Crippen molar-refractivity contribution in [1.82, 2.24) is 5.32 Å². The van der Waals surface area contributed by atoms with E-state index in [2.05, 4.69) is 52.1 Å². The van der Waals surface area contributed by atoms with Crippen LogP contribution in [0.1, 0.15) is 46.1 Å². The van der Waals surface area contributed by atoms with Gasteiger partial charge in [0.25, 0.3) is 0 Å². The molecule has 1 aromatic rings. The van der Waals surface area contributed by atoms with Crippen LogP contribution in [-0.4, -0.2) is 18.7 Å². The summed E-state index contributed by atoms with van der Waals surface area (Å²) in [5.41, 5.74) is 1.43. The minimum atomic E-state index is 0.195. The molecule has 0 aliphatic rings. The normalized spacial score (nSPS) is 11.9. The third-order valence-electron chi connectivity index (χ3n) is 3.31. The average molecular weight is 263 g/mol. The topological polar surface area (TPSA) is 21.3 Å². The number of aryl methyl sites for hydroxylation is 1. The summed E-state index contributed by atoms with van der Waals surface area (Å²) in [6.07, 6.45) is 2.47. The average Bonchev–Trinajstić information content (AvgIpc) is 2.33. The van der Waals surface area contributed by atoms with Crippen molar-refractivity contribution in [3.05, 3.63) is 29.8 Å². The summed E-state index contributed by atoms with van der Waals surface area (Å²) in [5.74, 6) is 1.73. The van der Waals surface area contributed by atoms with Crippen molar-refractivity contribution in [2.75, 3.05) is 13.2 Å². The molecule has 0 bridgehead atoms. The first-order valence-corrected chi connectivity index (χ1v) is 7.33. The summed E-state index contributed by atoms with van der Waals surface area (Å²) in [5, 5.41) is 3.57. The molecule has 0 saturated heterocycles. The number of ether oxygens (including phenoxy) is 1. The molecule has 0 aromatic heterocycles. The lowest BCUT2D eigenvalue weighted by atomic mass is 9.94. The minimum Gasteiger partial charge on any atom is -0.492 e. The molecule has 0 aliphatic carbocycles. The van der Waals surface area contributed by atoms with Gasteiger partial charge in [0, 0.05) is 12.1 Å². The molecule has 19 heavy (non-hydrogen) atoms. The molecule has 1 rings (SSSR count). The summed E-state index contributed by atoms with van der Waals surface area (Å²) in [6.45, 7) is 12.8. The third-order valence-corrected chi connectivity index (χ3v) is 3.31. The van der Waals surface area contributed by atoms with E-state index in [-0.39, 0.29) is 5.54 Å². The van der Waals surface area contributed by atoms with Gasteiger partial charge in [-0.1, -0.05) is 26.0 Å². The van der Waals surface area contributed by atoms with Gasteiger partial charge < -0.3 is 10.1 Å². The van der Waals surface area contributed by atoms with Crippen LogP contribution in [-0.2, 0) is 0 Å². The summed E-state index contributed by atoms with van der Waals surface area (Å²) in [7, 11) is 0. The Kier molecular flexibility index (Phi) is 6.36. The second-order valence-electron chi connectivity index (χ2n) is 6.41. The number of nitrogens with one attached hydrogen (secondary N) is 1. The van der Waals surface area contributed by atoms with E-state index in [1.165, 1.54) is 18.4 Å². The molecular weight excluding hydrogens is 234 g/mol. The van der Waals surface area contributed by atoms with Gasteiger partial charge in [0.2, 0.25) is 0 Å². The van der Waals surface area contributed by atoms with E-state index in [9.17, 15) is 0 Å². The molecule has 2 heteroatoms. The Morgan fingerprint density at radius 2 is 2.00 bits per heavy atom. The molecule has 0 amide bonds. The van der Waals surface area contributed by atoms with Crippen LogP contribution in [0.15, 0.2) is 24.3 Å². The van der Waals surface area contributed by atoms with Gasteiger partial charge in [-0.15, -0.1) is 0 Å². The van der Waals surface area contributed by atoms with Crippen LogP contribution < -0.4 is 10.1 Å². The Labute approximate surface area is 118 Å². The van der Waals surface area contributed by atoms with Crippen molar-refractivity contribution in [3.63, 3.8) is 0 Å². The maximum absolute atomic E-state index is 5.75. The maximum atomic E-state index is 5.75. The van der Waals surface area contributed by atoms with Crippen LogP contribution in [0.4, 0.5) is 0 Å². The third kappa shape index (κ3) is 7.22. The molecule has 0 fully saturated rings. The highest BCUT2D eigenvalue weighted by Crippen LogP contribution is 2.16. The summed E-state index contributed by atoms with van der Waals surface area (Å²) in [6, 6.07) is 8.20. The number of hydrogen-bond acceptors (Lipinski definition) is 2. The smallest absolute Gasteiger partial charge is 0.119 e. The summed E-state index contributed by atoms with van der Waals surface area (Å²) in [4.78, 5) is 0. The fourth-order valence-electron chi connectivity index (χ4n) is 2.00. The van der Waals surface area contributed by atoms with Crippen molar-refractivity contribution >= 4 is 0 Å². The minimum absolute atomic E-state index is 0.195. The Balaban J connectivity index is 2.23. The van der Waals surface area contributed by atoms with Gasteiger partial charge in [0.1, 0.15) is 12.4 Å². The van der Waals surface area contributed by atoms with Crippen LogP contribution in [0, 0.1) is 12.8 Å². The quantitative estimate of drug-likeness (QED) is 0.710. The zero-order chi connectivity index (χ0) is 14.3. The number of benzene rings is 1. The van der Waals surface area contributed by atoms with Crippen molar-refractivity contribution in [1.29, 1.82) is 0 Å². The first-order valence-electron chi connectivity index (χ1n) is 7.33. The zero-order valence-corrected chi connectivity index (χ0v) is 13.1. The Hall–Kier alpha value is -1.02. The fraction of sp³-hybridized carbons (Fsp3) is 0.647. The van der Waals surface area contributed by atoms with Gasteiger partial charge in [0.15, 0.2) is 0 Å². The SMILES string of the molecule is Cc1cccc(OCCNC(C)(C)CCC(C)C)c1. The molecular formula is C17H29NO. The van der Waals surface area contributed by atoms with Crippen molar-refractivity contribution in [3.8, 4) is 5.75 Å². The molecule has 0 spiro atoms. The van der Waals surface area contributed by atoms with Gasteiger partial charge >= 0.3 is 0 Å². The summed E-state index contributed by atoms with van der Waals surface area (Å²) >= 11 is 0. The van der Waals surface area contributed by atoms with Gasteiger partial charge in [-0.2, -0.15) is 0 Å². The molecule has 108 valence electrons. The highest BCUT2D eigenvalue weighted by Gasteiger charge is 2.16. The van der Waals surface area contributed by atoms with Gasteiger partial charge in [-0.25, -0.2) is 0 Å². The van der Waals surface area contributed by atoms with Crippen molar-refractivity contribution < 1.29 is 4.74 Å². The van der Waals surface area contributed by atoms with E-state index in [4.69, 9.17) is 4.74 Å². The van der Waals surface area contributed by atoms with Gasteiger partial charge in [0.05, 0.1) is 0 Å². The van der Waals surface area contributed by atoms with Crippen molar-refractivity contribution in [2.24, 2.45) is 5.92 Å². The van der Waals surface area contributed by atoms with Crippen LogP contribution in [0.25, 0.3) is 0 Å². The molecule has 0 radical (unpaired) electrons. The molecule has 2 nitrogen and oxygen atoms in total. The standard InChI is InChI=1S/C17H29NO/c1-14(2)9-10-17(4,5)18-11-12-19-16-8-6-7-15(3)13-16/h6-8,13-14,18H,9-12H2,1-5H3. The highest BCUT2D eigenvalue weighted by molar-refractivity contribution is 5.27. The predicted octanol–water partition coefficient (Wildman–Crippen LogP) is 4.18. The number of hydrogen-bond donors (Lipinski definition) is 1. The van der Waals surface area contributed by atoms with Gasteiger partial charge in [-0.3, -0.25) is 0 Å². The second-order valence-corrected chi connectivity index (χ2v) is 6.41. The van der Waals surface area contributed by atoms with Crippen molar-refractivity contribution in [2.45, 2.75) is 53.0 Å². The van der Waals surface area contributed by atoms with E-state index < -0.39 is 0 Å². The first-order chi connectivity index (χ1) is 8.89. The van der Waals surface area contributed by atoms with Gasteiger partial charge in [-0.05, 0) is 57.2 Å². The summed E-state index contributed by atoms with van der Waals surface area (Å²) < 4.78 is 5.75. The van der Waals surface area contributed by atoms with E-state index in [1.807, 2.05) is 12.1 Å². The molecule has 0 unspecified atom stereocenters. The zero-order valence-electron chi connectivity index (χ0n) is 13.1. The molecule has 0 atom stereocenters. The van der Waals surface area contributed by atoms with E-state index >= 15 is 0 Å². The van der Waals surface area contributed by atoms with E-state index in [0.717, 1.165) is 18.2 Å². The van der Waals surface area contributed by atoms with E-state index in [1.54, 1.807) is 0 Å². The first kappa shape index (κ1) is 16.0. The van der Waals surface area contributed by atoms with Crippen LogP contribution in [0.5, 0.6) is 5.75 Å².